The molecule has 0 radical (unpaired) electrons. The number of alkyl halides is 1. The van der Waals surface area contributed by atoms with E-state index in [2.05, 4.69) is 4.98 Å². The molecule has 0 aliphatic carbocycles. The van der Waals surface area contributed by atoms with Gasteiger partial charge in [0.25, 0.3) is 0 Å². The Labute approximate surface area is 139 Å². The summed E-state index contributed by atoms with van der Waals surface area (Å²) in [5, 5.41) is 51.8. The quantitative estimate of drug-likeness (QED) is 0.288. The fraction of sp³-hybridized carbons (Fsp3) is 0.429. The predicted octanol–water partition coefficient (Wildman–Crippen LogP) is -0.450. The second-order valence-corrected chi connectivity index (χ2v) is 7.20. The SMILES string of the molecule is OC[C@@]1(I)O[C@@H](O)[C@H](O)[C@](O)(c2c[nH]c3ccccc23)[C@H]1O. The van der Waals surface area contributed by atoms with Crippen LogP contribution in [0.15, 0.2) is 30.5 Å². The monoisotopic (exact) mass is 421 g/mol. The third kappa shape index (κ3) is 2.10. The van der Waals surface area contributed by atoms with Gasteiger partial charge in [-0.1, -0.05) is 18.2 Å². The van der Waals surface area contributed by atoms with Gasteiger partial charge in [0, 0.05) is 22.7 Å². The first-order chi connectivity index (χ1) is 10.3. The maximum Gasteiger partial charge on any atom is 0.186 e. The van der Waals surface area contributed by atoms with Crippen LogP contribution < -0.4 is 0 Å². The van der Waals surface area contributed by atoms with Gasteiger partial charge in [-0.2, -0.15) is 0 Å². The highest BCUT2D eigenvalue weighted by Crippen LogP contribution is 2.46. The van der Waals surface area contributed by atoms with Crippen molar-refractivity contribution in [1.29, 1.82) is 0 Å². The minimum absolute atomic E-state index is 0.222. The maximum absolute atomic E-state index is 11.0. The van der Waals surface area contributed by atoms with Crippen LogP contribution in [0.4, 0.5) is 0 Å². The zero-order valence-electron chi connectivity index (χ0n) is 11.3. The van der Waals surface area contributed by atoms with Crippen LogP contribution in [0.1, 0.15) is 5.56 Å². The highest BCUT2D eigenvalue weighted by Gasteiger charge is 2.62. The van der Waals surface area contributed by atoms with E-state index >= 15 is 0 Å². The Morgan fingerprint density at radius 1 is 1.23 bits per heavy atom. The van der Waals surface area contributed by atoms with E-state index in [0.29, 0.717) is 10.9 Å². The molecule has 0 saturated carbocycles. The fourth-order valence-electron chi connectivity index (χ4n) is 2.87. The number of halogens is 1. The highest BCUT2D eigenvalue weighted by atomic mass is 127. The molecule has 1 aliphatic heterocycles. The molecule has 5 atom stereocenters. The number of ether oxygens (including phenoxy) is 1. The normalized spacial score (nSPS) is 39.3. The van der Waals surface area contributed by atoms with Gasteiger partial charge in [0.15, 0.2) is 15.5 Å². The van der Waals surface area contributed by atoms with Gasteiger partial charge in [0.2, 0.25) is 0 Å². The lowest BCUT2D eigenvalue weighted by molar-refractivity contribution is -0.331. The minimum Gasteiger partial charge on any atom is -0.392 e. The van der Waals surface area contributed by atoms with Crippen LogP contribution in [0.2, 0.25) is 0 Å². The molecule has 1 aromatic carbocycles. The van der Waals surface area contributed by atoms with Gasteiger partial charge in [0.1, 0.15) is 12.2 Å². The van der Waals surface area contributed by atoms with E-state index in [0.717, 1.165) is 0 Å². The number of aliphatic hydroxyl groups excluding tert-OH is 4. The number of aliphatic hydroxyl groups is 5. The molecule has 0 bridgehead atoms. The van der Waals surface area contributed by atoms with Crippen molar-refractivity contribution in [2.24, 2.45) is 0 Å². The van der Waals surface area contributed by atoms with E-state index in [1.165, 1.54) is 6.20 Å². The molecular formula is C14H16INO6. The topological polar surface area (TPSA) is 126 Å². The molecule has 0 spiro atoms. The Morgan fingerprint density at radius 2 is 1.91 bits per heavy atom. The van der Waals surface area contributed by atoms with Gasteiger partial charge < -0.3 is 35.3 Å². The summed E-state index contributed by atoms with van der Waals surface area (Å²) >= 11 is 1.62. The van der Waals surface area contributed by atoms with Gasteiger partial charge in [-0.25, -0.2) is 0 Å². The van der Waals surface area contributed by atoms with Gasteiger partial charge in [-0.3, -0.25) is 0 Å². The lowest BCUT2D eigenvalue weighted by atomic mass is 9.78. The van der Waals surface area contributed by atoms with E-state index < -0.39 is 34.3 Å². The molecule has 0 unspecified atom stereocenters. The second kappa shape index (κ2) is 5.41. The average molecular weight is 421 g/mol. The highest BCUT2D eigenvalue weighted by molar-refractivity contribution is 14.1. The minimum atomic E-state index is -2.21. The zero-order chi connectivity index (χ0) is 16.1. The number of hydrogen-bond acceptors (Lipinski definition) is 6. The molecule has 1 saturated heterocycles. The standard InChI is InChI=1S/C14H16INO6/c15-13(6-17)12(20)14(21,10(18)11(19)22-13)8-5-16-9-4-2-1-3-7(8)9/h1-5,10-12,16-21H,6H2/t10-,11+,12-,13+,14+/m0/s1. The molecule has 7 nitrogen and oxygen atoms in total. The Hall–Kier alpha value is -0.750. The number of aromatic nitrogens is 1. The number of para-hydroxylation sites is 1. The summed E-state index contributed by atoms with van der Waals surface area (Å²) in [6.45, 7) is -0.650. The van der Waals surface area contributed by atoms with Crippen LogP contribution in [-0.4, -0.2) is 59.2 Å². The summed E-state index contributed by atoms with van der Waals surface area (Å²) in [7, 11) is 0. The van der Waals surface area contributed by atoms with Crippen molar-refractivity contribution in [3.63, 3.8) is 0 Å². The first-order valence-corrected chi connectivity index (χ1v) is 7.73. The molecule has 0 amide bonds. The van der Waals surface area contributed by atoms with Crippen molar-refractivity contribution < 1.29 is 30.3 Å². The smallest absolute Gasteiger partial charge is 0.186 e. The van der Waals surface area contributed by atoms with Crippen LogP contribution in [0.25, 0.3) is 10.9 Å². The van der Waals surface area contributed by atoms with Crippen LogP contribution >= 0.6 is 22.6 Å². The number of aromatic amines is 1. The number of fused-ring (bicyclic) bond motifs is 1. The molecule has 1 aliphatic rings. The molecule has 2 heterocycles. The molecular weight excluding hydrogens is 405 g/mol. The molecule has 120 valence electrons. The second-order valence-electron chi connectivity index (χ2n) is 5.37. The number of nitrogens with one attached hydrogen (secondary N) is 1. The van der Waals surface area contributed by atoms with Crippen molar-refractivity contribution in [2.75, 3.05) is 6.61 Å². The van der Waals surface area contributed by atoms with E-state index in [9.17, 15) is 25.5 Å². The van der Waals surface area contributed by atoms with Gasteiger partial charge in [0.05, 0.1) is 6.61 Å². The van der Waals surface area contributed by atoms with Gasteiger partial charge in [-0.05, 0) is 28.7 Å². The van der Waals surface area contributed by atoms with Crippen molar-refractivity contribution >= 4 is 33.5 Å². The number of H-pyrrole nitrogens is 1. The van der Waals surface area contributed by atoms with E-state index in [-0.39, 0.29) is 5.56 Å². The first-order valence-electron chi connectivity index (χ1n) is 6.65. The molecule has 6 N–H and O–H groups in total. The third-order valence-electron chi connectivity index (χ3n) is 4.10. The summed E-state index contributed by atoms with van der Waals surface area (Å²) in [6.07, 6.45) is -3.74. The fourth-order valence-corrected chi connectivity index (χ4v) is 3.61. The molecule has 1 fully saturated rings. The third-order valence-corrected chi connectivity index (χ3v) is 5.28. The van der Waals surface area contributed by atoms with Gasteiger partial charge in [-0.15, -0.1) is 0 Å². The number of hydrogen-bond donors (Lipinski definition) is 6. The maximum atomic E-state index is 11.0. The Balaban J connectivity index is 2.20. The summed E-state index contributed by atoms with van der Waals surface area (Å²) < 4.78 is 3.43. The van der Waals surface area contributed by atoms with E-state index in [1.807, 2.05) is 0 Å². The summed E-state index contributed by atoms with van der Waals surface area (Å²) in [4.78, 5) is 2.94. The summed E-state index contributed by atoms with van der Waals surface area (Å²) in [6, 6.07) is 7.05. The molecule has 1 aromatic heterocycles. The van der Waals surface area contributed by atoms with Crippen LogP contribution in [-0.2, 0) is 10.3 Å². The molecule has 22 heavy (non-hydrogen) atoms. The molecule has 8 heteroatoms. The molecule has 3 rings (SSSR count). The van der Waals surface area contributed by atoms with E-state index in [1.54, 1.807) is 46.9 Å². The lowest BCUT2D eigenvalue weighted by Crippen LogP contribution is -2.68. The van der Waals surface area contributed by atoms with Crippen molar-refractivity contribution in [3.8, 4) is 0 Å². The molecule has 2 aromatic rings. The van der Waals surface area contributed by atoms with Crippen LogP contribution in [0, 0.1) is 0 Å². The Kier molecular flexibility index (Phi) is 3.96. The van der Waals surface area contributed by atoms with E-state index in [4.69, 9.17) is 4.74 Å². The summed E-state index contributed by atoms with van der Waals surface area (Å²) in [5.41, 5.74) is -1.28. The first kappa shape index (κ1) is 16.1. The van der Waals surface area contributed by atoms with Crippen LogP contribution in [0.5, 0.6) is 0 Å². The zero-order valence-corrected chi connectivity index (χ0v) is 13.5. The predicted molar refractivity (Wildman–Crippen MR) is 85.1 cm³/mol. The lowest BCUT2D eigenvalue weighted by Gasteiger charge is -2.50. The Morgan fingerprint density at radius 3 is 2.59 bits per heavy atom. The van der Waals surface area contributed by atoms with Crippen molar-refractivity contribution in [2.45, 2.75) is 27.7 Å². The van der Waals surface area contributed by atoms with Crippen molar-refractivity contribution in [1.82, 2.24) is 4.98 Å². The van der Waals surface area contributed by atoms with Crippen molar-refractivity contribution in [3.05, 3.63) is 36.0 Å². The average Bonchev–Trinajstić information content (AvgIpc) is 2.95. The largest absolute Gasteiger partial charge is 0.392 e. The summed E-state index contributed by atoms with van der Waals surface area (Å²) in [5.74, 6) is 0. The van der Waals surface area contributed by atoms with Crippen LogP contribution in [0.3, 0.4) is 0 Å². The Bertz CT molecular complexity index is 693. The van der Waals surface area contributed by atoms with Gasteiger partial charge >= 0.3 is 0 Å². The number of benzene rings is 1. The number of rotatable bonds is 2.